The molecule has 2 heterocycles. The van der Waals surface area contributed by atoms with Crippen molar-refractivity contribution < 1.29 is 14.0 Å². The minimum absolute atomic E-state index is 0.0331. The zero-order chi connectivity index (χ0) is 18.3. The fourth-order valence-electron chi connectivity index (χ4n) is 3.71. The molecule has 0 radical (unpaired) electrons. The molecule has 2 aromatic rings. The van der Waals surface area contributed by atoms with Crippen molar-refractivity contribution in [1.29, 1.82) is 0 Å². The van der Waals surface area contributed by atoms with Crippen molar-refractivity contribution in [3.05, 3.63) is 53.5 Å². The van der Waals surface area contributed by atoms with Crippen molar-refractivity contribution in [1.82, 2.24) is 4.90 Å². The standard InChI is InChI=1S/C21H24N2O3/c1-14-5-3-7-19(15(14)2)23-12-16(11-20(23)24)21(25)22(17-8-9-17)13-18-6-4-10-26-18/h3-7,10,16-17H,8-9,11-13H2,1-2H3. The second kappa shape index (κ2) is 6.63. The average Bonchev–Trinajstić information content (AvgIpc) is 3.19. The first kappa shape index (κ1) is 16.9. The topological polar surface area (TPSA) is 53.8 Å². The molecule has 0 bridgehead atoms. The van der Waals surface area contributed by atoms with Crippen molar-refractivity contribution in [3.63, 3.8) is 0 Å². The maximum atomic E-state index is 13.1. The van der Waals surface area contributed by atoms with Crippen molar-refractivity contribution in [2.45, 2.75) is 45.7 Å². The van der Waals surface area contributed by atoms with Gasteiger partial charge in [-0.05, 0) is 56.0 Å². The summed E-state index contributed by atoms with van der Waals surface area (Å²) < 4.78 is 5.42. The smallest absolute Gasteiger partial charge is 0.228 e. The Morgan fingerprint density at radius 2 is 2.04 bits per heavy atom. The van der Waals surface area contributed by atoms with Gasteiger partial charge in [-0.1, -0.05) is 12.1 Å². The summed E-state index contributed by atoms with van der Waals surface area (Å²) in [5, 5.41) is 0. The second-order valence-corrected chi connectivity index (χ2v) is 7.40. The van der Waals surface area contributed by atoms with Gasteiger partial charge in [0.15, 0.2) is 0 Å². The SMILES string of the molecule is Cc1cccc(N2CC(C(=O)N(Cc3ccco3)C3CC3)CC2=O)c1C. The summed E-state index contributed by atoms with van der Waals surface area (Å²) >= 11 is 0. The number of carbonyl (C=O) groups excluding carboxylic acids is 2. The summed E-state index contributed by atoms with van der Waals surface area (Å²) in [6.45, 7) is 5.02. The van der Waals surface area contributed by atoms with Crippen molar-refractivity contribution in [2.75, 3.05) is 11.4 Å². The van der Waals surface area contributed by atoms with E-state index in [1.54, 1.807) is 11.2 Å². The Labute approximate surface area is 153 Å². The number of rotatable bonds is 5. The first-order chi connectivity index (χ1) is 12.5. The predicted octanol–water partition coefficient (Wildman–Crippen LogP) is 3.44. The molecule has 4 rings (SSSR count). The quantitative estimate of drug-likeness (QED) is 0.828. The molecular formula is C21H24N2O3. The lowest BCUT2D eigenvalue weighted by Gasteiger charge is -2.25. The average molecular weight is 352 g/mol. The van der Waals surface area contributed by atoms with Crippen LogP contribution in [0.5, 0.6) is 0 Å². The Balaban J connectivity index is 1.52. The summed E-state index contributed by atoms with van der Waals surface area (Å²) in [6.07, 6.45) is 3.99. The Morgan fingerprint density at radius 1 is 1.23 bits per heavy atom. The summed E-state index contributed by atoms with van der Waals surface area (Å²) in [7, 11) is 0. The highest BCUT2D eigenvalue weighted by Gasteiger charge is 2.41. The van der Waals surface area contributed by atoms with Gasteiger partial charge in [0.1, 0.15) is 5.76 Å². The molecule has 1 aliphatic heterocycles. The Kier molecular flexibility index (Phi) is 4.31. The number of nitrogens with zero attached hydrogens (tertiary/aromatic N) is 2. The molecule has 2 amide bonds. The molecule has 1 aliphatic carbocycles. The zero-order valence-corrected chi connectivity index (χ0v) is 15.3. The Hall–Kier alpha value is -2.56. The van der Waals surface area contributed by atoms with Crippen LogP contribution in [0.25, 0.3) is 0 Å². The molecule has 1 saturated carbocycles. The predicted molar refractivity (Wildman–Crippen MR) is 98.7 cm³/mol. The highest BCUT2D eigenvalue weighted by Crippen LogP contribution is 2.34. The lowest BCUT2D eigenvalue weighted by molar-refractivity contribution is -0.137. The molecule has 5 nitrogen and oxygen atoms in total. The van der Waals surface area contributed by atoms with E-state index >= 15 is 0 Å². The molecule has 0 N–H and O–H groups in total. The molecule has 2 aliphatic rings. The van der Waals surface area contributed by atoms with Crippen molar-refractivity contribution >= 4 is 17.5 Å². The minimum Gasteiger partial charge on any atom is -0.467 e. The molecule has 2 fully saturated rings. The van der Waals surface area contributed by atoms with Crippen LogP contribution in [0.3, 0.4) is 0 Å². The maximum Gasteiger partial charge on any atom is 0.228 e. The number of amides is 2. The van der Waals surface area contributed by atoms with Crippen LogP contribution in [0.2, 0.25) is 0 Å². The number of benzene rings is 1. The van der Waals surface area contributed by atoms with Gasteiger partial charge in [-0.15, -0.1) is 0 Å². The third-order valence-electron chi connectivity index (χ3n) is 5.52. The summed E-state index contributed by atoms with van der Waals surface area (Å²) in [4.78, 5) is 29.4. The van der Waals surface area contributed by atoms with Crippen LogP contribution >= 0.6 is 0 Å². The Morgan fingerprint density at radius 3 is 2.73 bits per heavy atom. The first-order valence-electron chi connectivity index (χ1n) is 9.24. The third kappa shape index (κ3) is 3.14. The van der Waals surface area contributed by atoms with Gasteiger partial charge in [-0.2, -0.15) is 0 Å². The molecule has 1 aromatic carbocycles. The highest BCUT2D eigenvalue weighted by atomic mass is 16.3. The van der Waals surface area contributed by atoms with Gasteiger partial charge in [0, 0.05) is 24.7 Å². The van der Waals surface area contributed by atoms with Crippen LogP contribution in [0.1, 0.15) is 36.1 Å². The van der Waals surface area contributed by atoms with Crippen LogP contribution < -0.4 is 4.90 Å². The van der Waals surface area contributed by atoms with Crippen LogP contribution in [0, 0.1) is 19.8 Å². The second-order valence-electron chi connectivity index (χ2n) is 7.40. The van der Waals surface area contributed by atoms with Crippen LogP contribution in [0.15, 0.2) is 41.0 Å². The molecule has 1 aromatic heterocycles. The molecule has 1 saturated heterocycles. The van der Waals surface area contributed by atoms with E-state index in [0.29, 0.717) is 13.1 Å². The zero-order valence-electron chi connectivity index (χ0n) is 15.3. The van der Waals surface area contributed by atoms with Crippen LogP contribution in [-0.4, -0.2) is 29.3 Å². The number of hydrogen-bond acceptors (Lipinski definition) is 3. The fourth-order valence-corrected chi connectivity index (χ4v) is 3.71. The molecule has 136 valence electrons. The molecule has 0 spiro atoms. The van der Waals surface area contributed by atoms with E-state index < -0.39 is 0 Å². The molecule has 26 heavy (non-hydrogen) atoms. The molecule has 5 heteroatoms. The van der Waals surface area contributed by atoms with Gasteiger partial charge in [-0.25, -0.2) is 0 Å². The van der Waals surface area contributed by atoms with Gasteiger partial charge < -0.3 is 14.2 Å². The number of furan rings is 1. The fraction of sp³-hybridized carbons (Fsp3) is 0.429. The maximum absolute atomic E-state index is 13.1. The van der Waals surface area contributed by atoms with E-state index in [2.05, 4.69) is 0 Å². The molecule has 1 atom stereocenters. The van der Waals surface area contributed by atoms with E-state index in [0.717, 1.165) is 35.4 Å². The van der Waals surface area contributed by atoms with Gasteiger partial charge >= 0.3 is 0 Å². The van der Waals surface area contributed by atoms with Crippen molar-refractivity contribution in [2.24, 2.45) is 5.92 Å². The Bertz CT molecular complexity index is 824. The normalized spacial score (nSPS) is 19.8. The van der Waals surface area contributed by atoms with E-state index in [-0.39, 0.29) is 30.2 Å². The molecule has 1 unspecified atom stereocenters. The first-order valence-corrected chi connectivity index (χ1v) is 9.24. The van der Waals surface area contributed by atoms with Gasteiger partial charge in [-0.3, -0.25) is 9.59 Å². The minimum atomic E-state index is -0.280. The summed E-state index contributed by atoms with van der Waals surface area (Å²) in [6, 6.07) is 10.00. The van der Waals surface area contributed by atoms with E-state index in [9.17, 15) is 9.59 Å². The number of hydrogen-bond donors (Lipinski definition) is 0. The monoisotopic (exact) mass is 352 g/mol. The molecular weight excluding hydrogens is 328 g/mol. The summed E-state index contributed by atoms with van der Waals surface area (Å²) in [5.41, 5.74) is 3.18. The lowest BCUT2D eigenvalue weighted by Crippen LogP contribution is -2.38. The largest absolute Gasteiger partial charge is 0.467 e. The van der Waals surface area contributed by atoms with Gasteiger partial charge in [0.25, 0.3) is 0 Å². The van der Waals surface area contributed by atoms with E-state index in [4.69, 9.17) is 4.42 Å². The third-order valence-corrected chi connectivity index (χ3v) is 5.52. The van der Waals surface area contributed by atoms with E-state index in [1.807, 2.05) is 49.1 Å². The van der Waals surface area contributed by atoms with Crippen LogP contribution in [0.4, 0.5) is 5.69 Å². The summed E-state index contributed by atoms with van der Waals surface area (Å²) in [5.74, 6) is 0.620. The number of anilines is 1. The lowest BCUT2D eigenvalue weighted by atomic mass is 10.1. The van der Waals surface area contributed by atoms with Crippen molar-refractivity contribution in [3.8, 4) is 0 Å². The number of carbonyl (C=O) groups is 2. The van der Waals surface area contributed by atoms with Gasteiger partial charge in [0.2, 0.25) is 11.8 Å². The van der Waals surface area contributed by atoms with E-state index in [1.165, 1.54) is 0 Å². The highest BCUT2D eigenvalue weighted by molar-refractivity contribution is 6.01. The van der Waals surface area contributed by atoms with Gasteiger partial charge in [0.05, 0.1) is 18.7 Å². The number of aryl methyl sites for hydroxylation is 1. The van der Waals surface area contributed by atoms with Crippen LogP contribution in [-0.2, 0) is 16.1 Å².